The molecule has 110 valence electrons. The van der Waals surface area contributed by atoms with Crippen molar-refractivity contribution in [3.8, 4) is 0 Å². The summed E-state index contributed by atoms with van der Waals surface area (Å²) in [5.74, 6) is -1.91. The van der Waals surface area contributed by atoms with Crippen LogP contribution in [-0.2, 0) is 22.7 Å². The van der Waals surface area contributed by atoms with Crippen molar-refractivity contribution in [1.29, 1.82) is 0 Å². The largest absolute Gasteiger partial charge is 0.389 e. The van der Waals surface area contributed by atoms with Crippen molar-refractivity contribution in [1.82, 2.24) is 0 Å². The van der Waals surface area contributed by atoms with Crippen LogP contribution in [0.25, 0.3) is 0 Å². The Bertz CT molecular complexity index is 288. The second kappa shape index (κ2) is 11.0. The van der Waals surface area contributed by atoms with Gasteiger partial charge in [0.05, 0.1) is 12.7 Å². The van der Waals surface area contributed by atoms with Crippen LogP contribution in [0.5, 0.6) is 0 Å². The SMILES string of the molecule is O=[PH](OC(CS)[PH](=O)CO)OC(CS)[PH](=O)CO. The molecule has 0 fully saturated rings. The van der Waals surface area contributed by atoms with Crippen molar-refractivity contribution in [3.63, 3.8) is 0 Å². The number of hydrogen-bond acceptors (Lipinski definition) is 9. The van der Waals surface area contributed by atoms with Gasteiger partial charge in [-0.1, -0.05) is 0 Å². The quantitative estimate of drug-likeness (QED) is 0.340. The van der Waals surface area contributed by atoms with Crippen molar-refractivity contribution in [3.05, 3.63) is 0 Å². The molecule has 0 saturated carbocycles. The summed E-state index contributed by atoms with van der Waals surface area (Å²) >= 11 is 7.71. The monoisotopic (exact) mass is 358 g/mol. The Labute approximate surface area is 118 Å². The van der Waals surface area contributed by atoms with Gasteiger partial charge in [-0.3, -0.25) is 13.6 Å². The Morgan fingerprint density at radius 2 is 1.22 bits per heavy atom. The first-order valence-corrected chi connectivity index (χ1v) is 10.7. The molecule has 12 heteroatoms. The maximum absolute atomic E-state index is 11.5. The second-order valence-corrected chi connectivity index (χ2v) is 8.56. The van der Waals surface area contributed by atoms with Crippen LogP contribution in [0.15, 0.2) is 0 Å². The Morgan fingerprint density at radius 3 is 1.44 bits per heavy atom. The first kappa shape index (κ1) is 19.2. The molecule has 0 aromatic rings. The van der Waals surface area contributed by atoms with E-state index in [0.29, 0.717) is 0 Å². The highest BCUT2D eigenvalue weighted by Gasteiger charge is 2.22. The van der Waals surface area contributed by atoms with Gasteiger partial charge in [-0.25, -0.2) is 0 Å². The lowest BCUT2D eigenvalue weighted by atomic mass is 10.9. The molecule has 0 aliphatic carbocycles. The molecule has 2 N–H and O–H groups in total. The smallest absolute Gasteiger partial charge is 0.320 e. The topological polar surface area (TPSA) is 110 Å². The molecule has 0 aromatic carbocycles. The van der Waals surface area contributed by atoms with E-state index in [4.69, 9.17) is 19.3 Å². The van der Waals surface area contributed by atoms with Gasteiger partial charge in [0.1, 0.15) is 27.3 Å². The van der Waals surface area contributed by atoms with Crippen molar-refractivity contribution in [2.24, 2.45) is 0 Å². The predicted molar refractivity (Wildman–Crippen MR) is 78.6 cm³/mol. The molecule has 7 nitrogen and oxygen atoms in total. The fourth-order valence-electron chi connectivity index (χ4n) is 0.873. The fraction of sp³-hybridized carbons (Fsp3) is 1.00. The normalized spacial score (nSPS) is 20.0. The van der Waals surface area contributed by atoms with E-state index in [0.717, 1.165) is 0 Å². The summed E-state index contributed by atoms with van der Waals surface area (Å²) in [6, 6.07) is 0. The van der Waals surface area contributed by atoms with Crippen molar-refractivity contribution >= 4 is 49.1 Å². The average Bonchev–Trinajstić information content (AvgIpc) is 2.40. The molecule has 0 radical (unpaired) electrons. The number of hydrogen-bond donors (Lipinski definition) is 4. The van der Waals surface area contributed by atoms with E-state index >= 15 is 0 Å². The van der Waals surface area contributed by atoms with Gasteiger partial charge >= 0.3 is 8.25 Å². The molecule has 4 atom stereocenters. The van der Waals surface area contributed by atoms with E-state index < -0.39 is 48.2 Å². The lowest BCUT2D eigenvalue weighted by molar-refractivity contribution is 0.206. The Morgan fingerprint density at radius 1 is 0.889 bits per heavy atom. The molecule has 0 rings (SSSR count). The van der Waals surface area contributed by atoms with Crippen LogP contribution in [0.1, 0.15) is 0 Å². The van der Waals surface area contributed by atoms with Gasteiger partial charge in [0.2, 0.25) is 0 Å². The highest BCUT2D eigenvalue weighted by Crippen LogP contribution is 2.42. The molecular weight excluding hydrogens is 341 g/mol. The van der Waals surface area contributed by atoms with E-state index in [9.17, 15) is 13.7 Å². The van der Waals surface area contributed by atoms with Crippen LogP contribution in [0.2, 0.25) is 0 Å². The first-order valence-electron chi connectivity index (χ1n) is 4.86. The second-order valence-electron chi connectivity index (χ2n) is 3.08. The molecule has 18 heavy (non-hydrogen) atoms. The summed E-state index contributed by atoms with van der Waals surface area (Å²) < 4.78 is 43.8. The molecule has 0 spiro atoms. The minimum Gasteiger partial charge on any atom is -0.389 e. The lowest BCUT2D eigenvalue weighted by Gasteiger charge is -2.17. The maximum Gasteiger partial charge on any atom is 0.320 e. The van der Waals surface area contributed by atoms with Crippen LogP contribution >= 0.6 is 49.1 Å². The van der Waals surface area contributed by atoms with Crippen molar-refractivity contribution < 1.29 is 33.0 Å². The van der Waals surface area contributed by atoms with E-state index in [-0.39, 0.29) is 11.5 Å². The Balaban J connectivity index is 4.39. The van der Waals surface area contributed by atoms with E-state index in [2.05, 4.69) is 25.3 Å². The van der Waals surface area contributed by atoms with Gasteiger partial charge < -0.3 is 19.3 Å². The molecular formula is C6H17O7P3S2. The van der Waals surface area contributed by atoms with Gasteiger partial charge in [0.15, 0.2) is 0 Å². The molecule has 0 amide bonds. The zero-order chi connectivity index (χ0) is 14.1. The Hall–Kier alpha value is 1.23. The maximum atomic E-state index is 11.5. The van der Waals surface area contributed by atoms with Crippen LogP contribution < -0.4 is 0 Å². The third-order valence-corrected chi connectivity index (χ3v) is 7.32. The molecule has 0 bridgehead atoms. The molecule has 0 heterocycles. The summed E-state index contributed by atoms with van der Waals surface area (Å²) in [5.41, 5.74) is 0. The number of thiol groups is 2. The Kier molecular flexibility index (Phi) is 11.7. The van der Waals surface area contributed by atoms with Gasteiger partial charge in [-0.05, 0) is 0 Å². The predicted octanol–water partition coefficient (Wildman–Crippen LogP) is 0.940. The number of aliphatic hydroxyl groups is 2. The van der Waals surface area contributed by atoms with E-state index in [1.54, 1.807) is 0 Å². The minimum atomic E-state index is -3.04. The van der Waals surface area contributed by atoms with E-state index in [1.807, 2.05) is 0 Å². The highest BCUT2D eigenvalue weighted by molar-refractivity contribution is 7.80. The summed E-state index contributed by atoms with van der Waals surface area (Å²) in [5, 5.41) is 17.4. The fourth-order valence-corrected chi connectivity index (χ4v) is 5.66. The van der Waals surface area contributed by atoms with Gasteiger partial charge in [-0.2, -0.15) is 25.3 Å². The average molecular weight is 358 g/mol. The lowest BCUT2D eigenvalue weighted by Crippen LogP contribution is -2.11. The summed E-state index contributed by atoms with van der Waals surface area (Å²) in [6.45, 7) is 0. The first-order chi connectivity index (χ1) is 8.49. The molecule has 4 unspecified atom stereocenters. The molecule has 0 aliphatic rings. The number of rotatable bonds is 10. The zero-order valence-corrected chi connectivity index (χ0v) is 14.1. The third-order valence-electron chi connectivity index (χ3n) is 1.84. The zero-order valence-electron chi connectivity index (χ0n) is 9.31. The standard InChI is InChI=1S/C6H17O7P3S2/c7-3-14(9)5(1-17)12-16(11)13-6(2-18)15(10)4-8/h5-8,14-18H,1-4H2. The number of aliphatic hydroxyl groups excluding tert-OH is 2. The van der Waals surface area contributed by atoms with Crippen LogP contribution in [0.3, 0.4) is 0 Å². The van der Waals surface area contributed by atoms with Crippen LogP contribution in [0, 0.1) is 0 Å². The van der Waals surface area contributed by atoms with Crippen LogP contribution in [0.4, 0.5) is 0 Å². The summed E-state index contributed by atoms with van der Waals surface area (Å²) in [6.07, 6.45) is -1.15. The third kappa shape index (κ3) is 7.13. The van der Waals surface area contributed by atoms with Crippen molar-refractivity contribution in [2.75, 3.05) is 24.2 Å². The molecule has 0 aliphatic heterocycles. The molecule has 0 aromatic heterocycles. The van der Waals surface area contributed by atoms with Gasteiger partial charge in [0.25, 0.3) is 0 Å². The molecule has 0 saturated heterocycles. The van der Waals surface area contributed by atoms with Crippen molar-refractivity contribution in [2.45, 2.75) is 11.7 Å². The van der Waals surface area contributed by atoms with E-state index in [1.165, 1.54) is 0 Å². The van der Waals surface area contributed by atoms with Gasteiger partial charge in [0, 0.05) is 11.5 Å². The summed E-state index contributed by atoms with van der Waals surface area (Å²) in [4.78, 5) is 0. The van der Waals surface area contributed by atoms with Gasteiger partial charge in [-0.15, -0.1) is 0 Å². The van der Waals surface area contributed by atoms with Crippen LogP contribution in [-0.4, -0.2) is 46.1 Å². The highest BCUT2D eigenvalue weighted by atomic mass is 32.1. The minimum absolute atomic E-state index is 0.0127. The summed E-state index contributed by atoms with van der Waals surface area (Å²) in [7, 11) is -7.97.